The molecule has 150 valence electrons. The van der Waals surface area contributed by atoms with Crippen LogP contribution in [0.4, 0.5) is 0 Å². The highest BCUT2D eigenvalue weighted by atomic mass is 16.6. The Hall–Kier alpha value is -2.57. The van der Waals surface area contributed by atoms with Gasteiger partial charge in [-0.25, -0.2) is 0 Å². The maximum absolute atomic E-state index is 12.3. The normalized spacial score (nSPS) is 34.1. The van der Waals surface area contributed by atoms with Crippen molar-refractivity contribution >= 4 is 23.4 Å². The Morgan fingerprint density at radius 2 is 1.81 bits per heavy atom. The van der Waals surface area contributed by atoms with E-state index in [1.54, 1.807) is 0 Å². The van der Waals surface area contributed by atoms with Crippen LogP contribution in [0.1, 0.15) is 27.2 Å². The number of azide groups is 1. The zero-order valence-corrected chi connectivity index (χ0v) is 14.7. The van der Waals surface area contributed by atoms with Crippen LogP contribution in [-0.4, -0.2) is 79.5 Å². The van der Waals surface area contributed by atoms with E-state index in [9.17, 15) is 34.5 Å². The molecule has 0 spiro atoms. The van der Waals surface area contributed by atoms with E-state index in [1.165, 1.54) is 0 Å². The van der Waals surface area contributed by atoms with Gasteiger partial charge in [-0.05, 0) is 19.4 Å². The van der Waals surface area contributed by atoms with Crippen LogP contribution in [0.2, 0.25) is 0 Å². The van der Waals surface area contributed by atoms with Gasteiger partial charge in [0.15, 0.2) is 23.4 Å². The molecule has 27 heavy (non-hydrogen) atoms. The molecule has 1 fully saturated rings. The summed E-state index contributed by atoms with van der Waals surface area (Å²) in [6.07, 6.45) is -7.51. The number of carbonyl (C=O) groups is 4. The molecule has 0 bridgehead atoms. The minimum absolute atomic E-state index is 0.789. The van der Waals surface area contributed by atoms with Gasteiger partial charge in [-0.1, -0.05) is 5.11 Å². The third-order valence-electron chi connectivity index (χ3n) is 4.34. The van der Waals surface area contributed by atoms with E-state index in [-0.39, 0.29) is 0 Å². The zero-order chi connectivity index (χ0) is 21.2. The van der Waals surface area contributed by atoms with Crippen molar-refractivity contribution in [3.05, 3.63) is 10.4 Å². The molecule has 1 aliphatic heterocycles. The first-order chi connectivity index (χ1) is 12.3. The fourth-order valence-electron chi connectivity index (χ4n) is 3.11. The van der Waals surface area contributed by atoms with Crippen LogP contribution in [0.15, 0.2) is 5.11 Å². The molecule has 13 nitrogen and oxygen atoms in total. The third-order valence-corrected chi connectivity index (χ3v) is 4.34. The lowest BCUT2D eigenvalue weighted by Crippen LogP contribution is -2.81. The maximum Gasteiger partial charge on any atom is 0.306 e. The number of aliphatic carboxylic acids is 1. The summed E-state index contributed by atoms with van der Waals surface area (Å²) in [5, 5.41) is 46.6. The first kappa shape index (κ1) is 22.5. The molecule has 0 aromatic rings. The number of Topliss-reactive ketones (excluding diaryl/α,β-unsaturated/α-hetero) is 2. The number of nitrogens with zero attached hydrogens (tertiary/aromatic N) is 3. The van der Waals surface area contributed by atoms with Gasteiger partial charge in [-0.3, -0.25) is 19.2 Å². The van der Waals surface area contributed by atoms with Gasteiger partial charge in [-0.15, -0.1) is 0 Å². The predicted molar refractivity (Wildman–Crippen MR) is 84.9 cm³/mol. The molecule has 6 atom stereocenters. The quantitative estimate of drug-likeness (QED) is 0.185. The summed E-state index contributed by atoms with van der Waals surface area (Å²) in [5.74, 6) is -4.73. The Balaban J connectivity index is 3.78. The van der Waals surface area contributed by atoms with Crippen LogP contribution in [0, 0.1) is 0 Å². The van der Waals surface area contributed by atoms with Crippen molar-refractivity contribution in [2.24, 2.45) is 5.11 Å². The average molecular weight is 388 g/mol. The second-order valence-corrected chi connectivity index (χ2v) is 6.20. The minimum atomic E-state index is -3.07. The van der Waals surface area contributed by atoms with Crippen LogP contribution in [0.5, 0.6) is 0 Å². The predicted octanol–water partition coefficient (Wildman–Crippen LogP) is -2.00. The van der Waals surface area contributed by atoms with Crippen molar-refractivity contribution in [2.45, 2.75) is 62.9 Å². The molecule has 0 radical (unpaired) electrons. The van der Waals surface area contributed by atoms with Crippen molar-refractivity contribution in [3.63, 3.8) is 0 Å². The summed E-state index contributed by atoms with van der Waals surface area (Å²) in [6, 6.07) is -1.90. The number of hydrogen-bond acceptors (Lipinski definition) is 9. The SMILES string of the molecule is CC(=O)N[C@H]1[C@H](N=[N+]=[N-])O[C@H](C(O)C(C)=O)[C@](O)(CC(=O)O)[C@@]1(O)C(C)=O. The summed E-state index contributed by atoms with van der Waals surface area (Å²) in [4.78, 5) is 49.1. The number of hydrogen-bond donors (Lipinski definition) is 5. The van der Waals surface area contributed by atoms with Crippen LogP contribution < -0.4 is 5.32 Å². The van der Waals surface area contributed by atoms with Gasteiger partial charge in [0.1, 0.15) is 17.8 Å². The number of ether oxygens (including phenoxy) is 1. The molecule has 1 unspecified atom stereocenters. The number of aliphatic hydroxyl groups excluding tert-OH is 1. The van der Waals surface area contributed by atoms with Gasteiger partial charge in [0, 0.05) is 11.8 Å². The summed E-state index contributed by atoms with van der Waals surface area (Å²) in [6.45, 7) is 2.67. The number of rotatable bonds is 7. The van der Waals surface area contributed by atoms with Crippen molar-refractivity contribution < 1.29 is 44.3 Å². The Morgan fingerprint density at radius 3 is 2.19 bits per heavy atom. The summed E-state index contributed by atoms with van der Waals surface area (Å²) < 4.78 is 5.19. The second-order valence-electron chi connectivity index (χ2n) is 6.20. The van der Waals surface area contributed by atoms with E-state index >= 15 is 0 Å². The van der Waals surface area contributed by atoms with Gasteiger partial charge >= 0.3 is 5.97 Å². The van der Waals surface area contributed by atoms with Crippen LogP contribution in [0.3, 0.4) is 0 Å². The van der Waals surface area contributed by atoms with Gasteiger partial charge < -0.3 is 30.5 Å². The smallest absolute Gasteiger partial charge is 0.306 e. The fourth-order valence-corrected chi connectivity index (χ4v) is 3.11. The van der Waals surface area contributed by atoms with E-state index in [1.807, 2.05) is 0 Å². The molecule has 1 saturated heterocycles. The molecule has 1 rings (SSSR count). The lowest BCUT2D eigenvalue weighted by atomic mass is 9.66. The van der Waals surface area contributed by atoms with Crippen molar-refractivity contribution in [1.29, 1.82) is 0 Å². The highest BCUT2D eigenvalue weighted by Gasteiger charge is 2.69. The van der Waals surface area contributed by atoms with E-state index in [0.29, 0.717) is 0 Å². The van der Waals surface area contributed by atoms with Gasteiger partial charge in [0.25, 0.3) is 0 Å². The molecule has 5 N–H and O–H groups in total. The third kappa shape index (κ3) is 3.91. The monoisotopic (exact) mass is 388 g/mol. The minimum Gasteiger partial charge on any atom is -0.481 e. The number of nitrogens with one attached hydrogen (secondary N) is 1. The highest BCUT2D eigenvalue weighted by molar-refractivity contribution is 5.90. The summed E-state index contributed by atoms with van der Waals surface area (Å²) in [5.41, 5.74) is 2.58. The standard InChI is InChI=1S/C14H20N4O9/c1-5(19)9(24)11-13(25,4-8(22)23)14(26,6(2)20)10(16-7(3)21)12(27-11)17-18-15/h9-12,24-26H,4H2,1-3H3,(H,16,21)(H,22,23)/t9?,10-,11+,12+,13+,14+/m0/s1. The van der Waals surface area contributed by atoms with Crippen molar-refractivity contribution in [3.8, 4) is 0 Å². The topological polar surface area (TPSA) is 219 Å². The lowest BCUT2D eigenvalue weighted by Gasteiger charge is -2.55. The Bertz CT molecular complexity index is 707. The Morgan fingerprint density at radius 1 is 1.26 bits per heavy atom. The molecule has 0 saturated carbocycles. The second kappa shape index (κ2) is 7.98. The van der Waals surface area contributed by atoms with Crippen molar-refractivity contribution in [1.82, 2.24) is 5.32 Å². The number of amides is 1. The lowest BCUT2D eigenvalue weighted by molar-refractivity contribution is -0.289. The van der Waals surface area contributed by atoms with Crippen molar-refractivity contribution in [2.75, 3.05) is 0 Å². The van der Waals surface area contributed by atoms with Gasteiger partial charge in [0.2, 0.25) is 5.91 Å². The number of carboxylic acids is 1. The molecule has 1 amide bonds. The number of carboxylic acid groups (broad SMARTS) is 1. The van der Waals surface area contributed by atoms with Gasteiger partial charge in [-0.2, -0.15) is 0 Å². The Labute approximate surface area is 152 Å². The van der Waals surface area contributed by atoms with E-state index in [4.69, 9.17) is 15.4 Å². The van der Waals surface area contributed by atoms with E-state index < -0.39 is 65.5 Å². The molecule has 0 aromatic heterocycles. The Kier molecular flexibility index (Phi) is 6.64. The summed E-state index contributed by atoms with van der Waals surface area (Å²) >= 11 is 0. The van der Waals surface area contributed by atoms with E-state index in [2.05, 4.69) is 15.3 Å². The first-order valence-corrected chi connectivity index (χ1v) is 7.65. The maximum atomic E-state index is 12.3. The fraction of sp³-hybridized carbons (Fsp3) is 0.714. The molecule has 1 aliphatic rings. The molecular weight excluding hydrogens is 368 g/mol. The molecule has 13 heteroatoms. The van der Waals surface area contributed by atoms with E-state index in [0.717, 1.165) is 20.8 Å². The van der Waals surface area contributed by atoms with Crippen LogP contribution in [-0.2, 0) is 23.9 Å². The van der Waals surface area contributed by atoms with Crippen LogP contribution >= 0.6 is 0 Å². The average Bonchev–Trinajstić information content (AvgIpc) is 2.52. The largest absolute Gasteiger partial charge is 0.481 e. The molecule has 1 heterocycles. The van der Waals surface area contributed by atoms with Gasteiger partial charge in [0.05, 0.1) is 12.5 Å². The highest BCUT2D eigenvalue weighted by Crippen LogP contribution is 2.43. The zero-order valence-electron chi connectivity index (χ0n) is 14.7. The number of ketones is 2. The molecular formula is C14H20N4O9. The first-order valence-electron chi connectivity index (χ1n) is 7.65. The number of aliphatic hydroxyl groups is 3. The number of carbonyl (C=O) groups excluding carboxylic acids is 3. The molecule has 0 aliphatic carbocycles. The van der Waals surface area contributed by atoms with Crippen LogP contribution in [0.25, 0.3) is 10.4 Å². The summed E-state index contributed by atoms with van der Waals surface area (Å²) in [7, 11) is 0. The molecule has 0 aromatic carbocycles.